The molecule has 160 valence electrons. The summed E-state index contributed by atoms with van der Waals surface area (Å²) in [7, 11) is 0. The van der Waals surface area contributed by atoms with Crippen molar-refractivity contribution in [2.24, 2.45) is 0 Å². The van der Waals surface area contributed by atoms with E-state index < -0.39 is 58.5 Å². The summed E-state index contributed by atoms with van der Waals surface area (Å²) in [5.74, 6) is -7.48. The molecule has 0 spiro atoms. The Morgan fingerprint density at radius 2 is 1.39 bits per heavy atom. The number of aliphatic hydroxyl groups is 1. The van der Waals surface area contributed by atoms with Crippen molar-refractivity contribution in [3.8, 4) is 0 Å². The first-order valence-corrected chi connectivity index (χ1v) is 9.08. The predicted molar refractivity (Wildman–Crippen MR) is 102 cm³/mol. The number of carbonyl (C=O) groups is 2. The van der Waals surface area contributed by atoms with Crippen LogP contribution >= 0.6 is 0 Å². The van der Waals surface area contributed by atoms with Gasteiger partial charge in [0.05, 0.1) is 5.92 Å². The summed E-state index contributed by atoms with van der Waals surface area (Å²) in [5, 5.41) is 11.2. The van der Waals surface area contributed by atoms with Gasteiger partial charge in [0, 0.05) is 11.1 Å². The summed E-state index contributed by atoms with van der Waals surface area (Å²) in [6.45, 7) is -0.484. The number of hydrogen-bond donors (Lipinski definition) is 1. The van der Waals surface area contributed by atoms with Crippen molar-refractivity contribution in [3.63, 3.8) is 0 Å². The maximum Gasteiger partial charge on any atom is 0.347 e. The fraction of sp³-hybridized carbons (Fsp3) is 0.130. The van der Waals surface area contributed by atoms with Crippen LogP contribution < -0.4 is 0 Å². The Hall–Kier alpha value is -3.52. The number of esters is 1. The van der Waals surface area contributed by atoms with Gasteiger partial charge in [-0.3, -0.25) is 0 Å². The average molecular weight is 432 g/mol. The molecule has 8 heteroatoms. The van der Waals surface area contributed by atoms with E-state index in [-0.39, 0.29) is 0 Å². The van der Waals surface area contributed by atoms with Crippen LogP contribution in [-0.4, -0.2) is 24.0 Å². The first kappa shape index (κ1) is 22.2. The average Bonchev–Trinajstić information content (AvgIpc) is 2.78. The molecule has 0 aliphatic carbocycles. The molecule has 0 saturated carbocycles. The highest BCUT2D eigenvalue weighted by atomic mass is 19.2. The molecule has 0 radical (unpaired) electrons. The maximum atomic E-state index is 13.8. The van der Waals surface area contributed by atoms with Crippen molar-refractivity contribution in [3.05, 3.63) is 107 Å². The van der Waals surface area contributed by atoms with Crippen LogP contribution in [0.3, 0.4) is 0 Å². The molecular weight excluding hydrogens is 416 g/mol. The molecule has 1 unspecified atom stereocenters. The van der Waals surface area contributed by atoms with E-state index in [0.29, 0.717) is 36.1 Å². The lowest BCUT2D eigenvalue weighted by molar-refractivity contribution is -0.162. The summed E-state index contributed by atoms with van der Waals surface area (Å²) in [6, 6.07) is 12.6. The number of ether oxygens (including phenoxy) is 1. The summed E-state index contributed by atoms with van der Waals surface area (Å²) in [4.78, 5) is 24.3. The molecule has 0 amide bonds. The van der Waals surface area contributed by atoms with E-state index in [2.05, 4.69) is 0 Å². The van der Waals surface area contributed by atoms with Crippen molar-refractivity contribution >= 4 is 12.3 Å². The maximum absolute atomic E-state index is 13.8. The Morgan fingerprint density at radius 3 is 1.84 bits per heavy atom. The van der Waals surface area contributed by atoms with Crippen LogP contribution in [0.25, 0.3) is 0 Å². The lowest BCUT2D eigenvalue weighted by Gasteiger charge is -2.28. The molecule has 0 fully saturated rings. The largest absolute Gasteiger partial charge is 0.462 e. The summed E-state index contributed by atoms with van der Waals surface area (Å²) in [6.07, 6.45) is 0.538. The number of halogens is 4. The Balaban J connectivity index is 1.99. The Labute approximate surface area is 174 Å². The molecule has 0 bridgehead atoms. The first-order chi connectivity index (χ1) is 14.8. The number of hydrogen-bond acceptors (Lipinski definition) is 4. The lowest BCUT2D eigenvalue weighted by atomic mass is 9.86. The predicted octanol–water partition coefficient (Wildman–Crippen LogP) is 4.00. The third-order valence-electron chi connectivity index (χ3n) is 4.76. The summed E-state index contributed by atoms with van der Waals surface area (Å²) >= 11 is 0. The summed E-state index contributed by atoms with van der Waals surface area (Å²) < 4.78 is 59.5. The van der Waals surface area contributed by atoms with E-state index in [4.69, 9.17) is 4.74 Å². The van der Waals surface area contributed by atoms with E-state index in [9.17, 15) is 32.3 Å². The second-order valence-electron chi connectivity index (χ2n) is 6.72. The van der Waals surface area contributed by atoms with Gasteiger partial charge in [-0.15, -0.1) is 0 Å². The van der Waals surface area contributed by atoms with Crippen molar-refractivity contribution in [1.82, 2.24) is 0 Å². The third-order valence-corrected chi connectivity index (χ3v) is 4.76. The SMILES string of the molecule is O=CC(COC(=O)C(O)(c1ccc(F)c(F)c1)c1ccc(F)c(F)c1)c1ccccc1. The van der Waals surface area contributed by atoms with Crippen molar-refractivity contribution in [2.75, 3.05) is 6.61 Å². The standard InChI is InChI=1S/C23H16F4O4/c24-18-8-6-16(10-20(18)26)23(30,17-7-9-19(25)21(27)11-17)22(29)31-13-15(12-28)14-4-2-1-3-5-14/h1-12,15,30H,13H2. The zero-order chi connectivity index (χ0) is 22.6. The Morgan fingerprint density at radius 1 is 0.871 bits per heavy atom. The van der Waals surface area contributed by atoms with Crippen LogP contribution in [0.4, 0.5) is 17.6 Å². The fourth-order valence-electron chi connectivity index (χ4n) is 3.03. The normalized spacial score (nSPS) is 12.3. The van der Waals surface area contributed by atoms with Crippen LogP contribution in [0.1, 0.15) is 22.6 Å². The van der Waals surface area contributed by atoms with Crippen LogP contribution in [0, 0.1) is 23.3 Å². The molecule has 0 aliphatic rings. The van der Waals surface area contributed by atoms with Gasteiger partial charge in [-0.05, 0) is 29.8 Å². The number of aldehydes is 1. The molecule has 0 aromatic heterocycles. The molecule has 1 N–H and O–H groups in total. The second kappa shape index (κ2) is 9.09. The molecule has 3 rings (SSSR count). The van der Waals surface area contributed by atoms with Crippen molar-refractivity contribution < 1.29 is 37.0 Å². The smallest absolute Gasteiger partial charge is 0.347 e. The number of benzene rings is 3. The number of rotatable bonds is 7. The first-order valence-electron chi connectivity index (χ1n) is 9.08. The third kappa shape index (κ3) is 4.49. The minimum Gasteiger partial charge on any atom is -0.462 e. The second-order valence-corrected chi connectivity index (χ2v) is 6.72. The molecular formula is C23H16F4O4. The molecule has 0 heterocycles. The van der Waals surface area contributed by atoms with Gasteiger partial charge in [0.25, 0.3) is 0 Å². The lowest BCUT2D eigenvalue weighted by Crippen LogP contribution is -2.39. The molecule has 4 nitrogen and oxygen atoms in total. The van der Waals surface area contributed by atoms with Gasteiger partial charge < -0.3 is 14.6 Å². The van der Waals surface area contributed by atoms with Gasteiger partial charge in [0.2, 0.25) is 5.60 Å². The molecule has 0 aliphatic heterocycles. The van der Waals surface area contributed by atoms with E-state index in [0.717, 1.165) is 12.1 Å². The van der Waals surface area contributed by atoms with Crippen molar-refractivity contribution in [1.29, 1.82) is 0 Å². The van der Waals surface area contributed by atoms with Gasteiger partial charge >= 0.3 is 5.97 Å². The minimum atomic E-state index is -2.80. The fourth-order valence-corrected chi connectivity index (χ4v) is 3.03. The van der Waals surface area contributed by atoms with Gasteiger partial charge in [-0.2, -0.15) is 0 Å². The zero-order valence-electron chi connectivity index (χ0n) is 15.9. The Kier molecular flexibility index (Phi) is 6.50. The van der Waals surface area contributed by atoms with Crippen LogP contribution in [0.5, 0.6) is 0 Å². The van der Waals surface area contributed by atoms with Crippen LogP contribution in [0.2, 0.25) is 0 Å². The molecule has 31 heavy (non-hydrogen) atoms. The van der Waals surface area contributed by atoms with E-state index >= 15 is 0 Å². The van der Waals surface area contributed by atoms with E-state index in [1.54, 1.807) is 30.3 Å². The topological polar surface area (TPSA) is 63.6 Å². The van der Waals surface area contributed by atoms with E-state index in [1.165, 1.54) is 0 Å². The van der Waals surface area contributed by atoms with Gasteiger partial charge in [-0.25, -0.2) is 22.4 Å². The monoisotopic (exact) mass is 432 g/mol. The van der Waals surface area contributed by atoms with E-state index in [1.807, 2.05) is 0 Å². The zero-order valence-corrected chi connectivity index (χ0v) is 15.9. The molecule has 3 aromatic carbocycles. The van der Waals surface area contributed by atoms with Crippen LogP contribution in [0.15, 0.2) is 66.7 Å². The minimum absolute atomic E-state index is 0.468. The molecule has 0 saturated heterocycles. The van der Waals surface area contributed by atoms with Gasteiger partial charge in [0.1, 0.15) is 12.9 Å². The highest BCUT2D eigenvalue weighted by Gasteiger charge is 2.43. The van der Waals surface area contributed by atoms with Gasteiger partial charge in [-0.1, -0.05) is 42.5 Å². The molecule has 1 atom stereocenters. The highest BCUT2D eigenvalue weighted by molar-refractivity contribution is 5.85. The quantitative estimate of drug-likeness (QED) is 0.348. The van der Waals surface area contributed by atoms with Gasteiger partial charge in [0.15, 0.2) is 23.3 Å². The molecule has 3 aromatic rings. The number of carbonyl (C=O) groups excluding carboxylic acids is 2. The summed E-state index contributed by atoms with van der Waals surface area (Å²) in [5.41, 5.74) is -3.20. The highest BCUT2D eigenvalue weighted by Crippen LogP contribution is 2.33. The van der Waals surface area contributed by atoms with Crippen LogP contribution in [-0.2, 0) is 19.9 Å². The van der Waals surface area contributed by atoms with Crippen molar-refractivity contribution in [2.45, 2.75) is 11.5 Å². The Bertz CT molecular complexity index is 1050.